The number of nitrogens with one attached hydrogen (secondary N) is 1. The van der Waals surface area contributed by atoms with Gasteiger partial charge in [-0.15, -0.1) is 0 Å². The molecule has 0 unspecified atom stereocenters. The highest BCUT2D eigenvalue weighted by molar-refractivity contribution is 5.91. The van der Waals surface area contributed by atoms with Crippen molar-refractivity contribution in [2.45, 2.75) is 13.8 Å². The Hall–Kier alpha value is -1.81. The summed E-state index contributed by atoms with van der Waals surface area (Å²) in [6.45, 7) is 4.25. The van der Waals surface area contributed by atoms with Crippen LogP contribution in [0.4, 0.5) is 0 Å². The maximum absolute atomic E-state index is 11.6. The normalized spacial score (nSPS) is 11.6. The molecule has 0 heterocycles. The first-order chi connectivity index (χ1) is 8.96. The van der Waals surface area contributed by atoms with Gasteiger partial charge in [-0.2, -0.15) is 0 Å². The number of hydrogen-bond donors (Lipinski definition) is 2. The Morgan fingerprint density at radius 3 is 2.84 bits per heavy atom. The highest BCUT2D eigenvalue weighted by Gasteiger charge is 2.16. The summed E-state index contributed by atoms with van der Waals surface area (Å²) in [4.78, 5) is 11.6. The van der Waals surface area contributed by atoms with Crippen molar-refractivity contribution in [3.8, 4) is 5.75 Å². The summed E-state index contributed by atoms with van der Waals surface area (Å²) < 4.78 is 5.11. The topological polar surface area (TPSA) is 58.6 Å². The first-order valence-corrected chi connectivity index (χ1v) is 6.18. The SMILES string of the molecule is COc1cccc(/C=C/C(=O)NCC(C)(C)CO)c1. The second-order valence-corrected chi connectivity index (χ2v) is 5.15. The molecule has 0 saturated carbocycles. The van der Waals surface area contributed by atoms with Gasteiger partial charge in [0.1, 0.15) is 5.75 Å². The number of carbonyl (C=O) groups is 1. The third-order valence-corrected chi connectivity index (χ3v) is 2.69. The summed E-state index contributed by atoms with van der Waals surface area (Å²) in [7, 11) is 1.60. The molecular formula is C15H21NO3. The van der Waals surface area contributed by atoms with Crippen molar-refractivity contribution in [2.75, 3.05) is 20.3 Å². The van der Waals surface area contributed by atoms with Crippen LogP contribution in [0, 0.1) is 5.41 Å². The van der Waals surface area contributed by atoms with Crippen molar-refractivity contribution in [1.29, 1.82) is 0 Å². The van der Waals surface area contributed by atoms with Crippen molar-refractivity contribution < 1.29 is 14.6 Å². The molecule has 0 aliphatic carbocycles. The molecule has 1 rings (SSSR count). The van der Waals surface area contributed by atoms with E-state index in [9.17, 15) is 4.79 Å². The van der Waals surface area contributed by atoms with Crippen LogP contribution in [0.2, 0.25) is 0 Å². The predicted molar refractivity (Wildman–Crippen MR) is 75.9 cm³/mol. The molecule has 0 atom stereocenters. The highest BCUT2D eigenvalue weighted by atomic mass is 16.5. The molecule has 2 N–H and O–H groups in total. The first-order valence-electron chi connectivity index (χ1n) is 6.18. The van der Waals surface area contributed by atoms with Crippen molar-refractivity contribution in [3.63, 3.8) is 0 Å². The van der Waals surface area contributed by atoms with Gasteiger partial charge in [0.2, 0.25) is 5.91 Å². The number of aliphatic hydroxyl groups is 1. The second-order valence-electron chi connectivity index (χ2n) is 5.15. The van der Waals surface area contributed by atoms with Crippen molar-refractivity contribution >= 4 is 12.0 Å². The van der Waals surface area contributed by atoms with E-state index in [1.807, 2.05) is 38.1 Å². The van der Waals surface area contributed by atoms with Crippen LogP contribution in [0.15, 0.2) is 30.3 Å². The van der Waals surface area contributed by atoms with E-state index in [1.165, 1.54) is 6.08 Å². The average molecular weight is 263 g/mol. The van der Waals surface area contributed by atoms with Gasteiger partial charge in [-0.05, 0) is 23.8 Å². The van der Waals surface area contributed by atoms with E-state index >= 15 is 0 Å². The lowest BCUT2D eigenvalue weighted by atomic mass is 9.95. The Bertz CT molecular complexity index is 452. The highest BCUT2D eigenvalue weighted by Crippen LogP contribution is 2.14. The number of benzene rings is 1. The number of aliphatic hydroxyl groups excluding tert-OH is 1. The molecule has 0 aliphatic heterocycles. The number of hydrogen-bond acceptors (Lipinski definition) is 3. The zero-order chi connectivity index (χ0) is 14.3. The first kappa shape index (κ1) is 15.2. The van der Waals surface area contributed by atoms with Crippen LogP contribution >= 0.6 is 0 Å². The number of amides is 1. The quantitative estimate of drug-likeness (QED) is 0.770. The molecule has 0 fully saturated rings. The molecule has 0 bridgehead atoms. The smallest absolute Gasteiger partial charge is 0.244 e. The zero-order valence-corrected chi connectivity index (χ0v) is 11.6. The van der Waals surface area contributed by atoms with Gasteiger partial charge in [0.25, 0.3) is 0 Å². The van der Waals surface area contributed by atoms with Crippen LogP contribution < -0.4 is 10.1 Å². The van der Waals surface area contributed by atoms with Crippen LogP contribution in [-0.4, -0.2) is 31.3 Å². The fraction of sp³-hybridized carbons (Fsp3) is 0.400. The maximum atomic E-state index is 11.6. The summed E-state index contributed by atoms with van der Waals surface area (Å²) in [5.41, 5.74) is 0.593. The third-order valence-electron chi connectivity index (χ3n) is 2.69. The minimum atomic E-state index is -0.306. The van der Waals surface area contributed by atoms with E-state index in [0.717, 1.165) is 11.3 Å². The van der Waals surface area contributed by atoms with Crippen molar-refractivity contribution in [3.05, 3.63) is 35.9 Å². The molecular weight excluding hydrogens is 242 g/mol. The molecule has 0 aromatic heterocycles. The molecule has 0 spiro atoms. The van der Waals surface area contributed by atoms with E-state index in [4.69, 9.17) is 9.84 Å². The number of rotatable bonds is 6. The van der Waals surface area contributed by atoms with E-state index < -0.39 is 0 Å². The van der Waals surface area contributed by atoms with Crippen molar-refractivity contribution in [1.82, 2.24) is 5.32 Å². The van der Waals surface area contributed by atoms with E-state index in [2.05, 4.69) is 5.32 Å². The zero-order valence-electron chi connectivity index (χ0n) is 11.6. The fourth-order valence-electron chi connectivity index (χ4n) is 1.36. The minimum absolute atomic E-state index is 0.0346. The monoisotopic (exact) mass is 263 g/mol. The molecule has 0 aliphatic rings. The molecule has 1 amide bonds. The summed E-state index contributed by atoms with van der Waals surface area (Å²) in [6.07, 6.45) is 3.20. The van der Waals surface area contributed by atoms with Crippen LogP contribution in [0.5, 0.6) is 5.75 Å². The largest absolute Gasteiger partial charge is 0.497 e. The number of carbonyl (C=O) groups excluding carboxylic acids is 1. The molecule has 1 aromatic carbocycles. The van der Waals surface area contributed by atoms with E-state index in [0.29, 0.717) is 6.54 Å². The van der Waals surface area contributed by atoms with Crippen LogP contribution in [-0.2, 0) is 4.79 Å². The van der Waals surface area contributed by atoms with E-state index in [1.54, 1.807) is 13.2 Å². The van der Waals surface area contributed by atoms with Gasteiger partial charge >= 0.3 is 0 Å². The van der Waals surface area contributed by atoms with Crippen LogP contribution in [0.1, 0.15) is 19.4 Å². The van der Waals surface area contributed by atoms with Crippen LogP contribution in [0.25, 0.3) is 6.08 Å². The predicted octanol–water partition coefficient (Wildman–Crippen LogP) is 1.84. The molecule has 4 heteroatoms. The average Bonchev–Trinajstić information content (AvgIpc) is 2.43. The standard InChI is InChI=1S/C15H21NO3/c1-15(2,11-17)10-16-14(18)8-7-12-5-4-6-13(9-12)19-3/h4-9,17H,10-11H2,1-3H3,(H,16,18)/b8-7+. The third kappa shape index (κ3) is 5.57. The van der Waals surface area contributed by atoms with E-state index in [-0.39, 0.29) is 17.9 Å². The lowest BCUT2D eigenvalue weighted by molar-refractivity contribution is -0.116. The van der Waals surface area contributed by atoms with Gasteiger partial charge in [0.15, 0.2) is 0 Å². The summed E-state index contributed by atoms with van der Waals surface area (Å²) in [6, 6.07) is 7.46. The Balaban J connectivity index is 2.54. The Morgan fingerprint density at radius 2 is 2.21 bits per heavy atom. The van der Waals surface area contributed by atoms with Crippen LogP contribution in [0.3, 0.4) is 0 Å². The molecule has 4 nitrogen and oxygen atoms in total. The summed E-state index contributed by atoms with van der Waals surface area (Å²) in [5.74, 6) is 0.577. The minimum Gasteiger partial charge on any atom is -0.497 e. The van der Waals surface area contributed by atoms with Gasteiger partial charge < -0.3 is 15.2 Å². The Kier molecular flexibility index (Phi) is 5.57. The molecule has 1 aromatic rings. The van der Waals surface area contributed by atoms with Gasteiger partial charge in [-0.1, -0.05) is 26.0 Å². The van der Waals surface area contributed by atoms with Crippen molar-refractivity contribution in [2.24, 2.45) is 5.41 Å². The summed E-state index contributed by atoms with van der Waals surface area (Å²) in [5, 5.41) is 11.8. The van der Waals surface area contributed by atoms with Gasteiger partial charge in [-0.25, -0.2) is 0 Å². The maximum Gasteiger partial charge on any atom is 0.244 e. The fourth-order valence-corrected chi connectivity index (χ4v) is 1.36. The lowest BCUT2D eigenvalue weighted by Crippen LogP contribution is -2.35. The number of ether oxygens (including phenoxy) is 1. The molecule has 19 heavy (non-hydrogen) atoms. The molecule has 0 radical (unpaired) electrons. The van der Waals surface area contributed by atoms with Gasteiger partial charge in [0, 0.05) is 24.6 Å². The lowest BCUT2D eigenvalue weighted by Gasteiger charge is -2.21. The van der Waals surface area contributed by atoms with Gasteiger partial charge in [0.05, 0.1) is 7.11 Å². The van der Waals surface area contributed by atoms with Gasteiger partial charge in [-0.3, -0.25) is 4.79 Å². The summed E-state index contributed by atoms with van der Waals surface area (Å²) >= 11 is 0. The second kappa shape index (κ2) is 6.95. The Morgan fingerprint density at radius 1 is 1.47 bits per heavy atom. The number of methoxy groups -OCH3 is 1. The Labute approximate surface area is 114 Å². The molecule has 104 valence electrons. The molecule has 0 saturated heterocycles.